The highest BCUT2D eigenvalue weighted by molar-refractivity contribution is 5.93. The van der Waals surface area contributed by atoms with Crippen LogP contribution >= 0.6 is 0 Å². The van der Waals surface area contributed by atoms with Gasteiger partial charge in [-0.15, -0.1) is 0 Å². The zero-order valence-corrected chi connectivity index (χ0v) is 19.8. The topological polar surface area (TPSA) is 96.2 Å². The van der Waals surface area contributed by atoms with Crippen LogP contribution in [0.15, 0.2) is 54.6 Å². The Morgan fingerprint density at radius 2 is 1.82 bits per heavy atom. The number of nitrogens with zero attached hydrogens (tertiary/aromatic N) is 2. The van der Waals surface area contributed by atoms with Crippen molar-refractivity contribution < 1.29 is 14.7 Å². The van der Waals surface area contributed by atoms with Crippen molar-refractivity contribution in [3.63, 3.8) is 0 Å². The highest BCUT2D eigenvalue weighted by Gasteiger charge is 2.26. The van der Waals surface area contributed by atoms with E-state index < -0.39 is 0 Å². The van der Waals surface area contributed by atoms with Crippen molar-refractivity contribution in [3.05, 3.63) is 65.9 Å². The maximum absolute atomic E-state index is 13.1. The molecule has 0 aliphatic heterocycles. The molecule has 1 aliphatic carbocycles. The second kappa shape index (κ2) is 10.5. The lowest BCUT2D eigenvalue weighted by Crippen LogP contribution is -2.32. The highest BCUT2D eigenvalue weighted by Crippen LogP contribution is 2.38. The Bertz CT molecular complexity index is 1150. The molecule has 0 bridgehead atoms. The third-order valence-electron chi connectivity index (χ3n) is 6.30. The molecule has 1 aliphatic rings. The molecule has 0 radical (unpaired) electrons. The molecule has 3 N–H and O–H groups in total. The average molecular weight is 461 g/mol. The number of phenolic OH excluding ortho intramolecular Hbond substituents is 1. The molecule has 4 rings (SSSR count). The van der Waals surface area contributed by atoms with Crippen molar-refractivity contribution in [1.29, 1.82) is 0 Å². The van der Waals surface area contributed by atoms with Crippen LogP contribution in [0.4, 0.5) is 10.5 Å². The van der Waals surface area contributed by atoms with Crippen molar-refractivity contribution >= 4 is 17.6 Å². The van der Waals surface area contributed by atoms with E-state index in [1.165, 1.54) is 4.68 Å². The third-order valence-corrected chi connectivity index (χ3v) is 6.30. The van der Waals surface area contributed by atoms with E-state index >= 15 is 0 Å². The molecule has 0 saturated heterocycles. The fourth-order valence-corrected chi connectivity index (χ4v) is 4.34. The van der Waals surface area contributed by atoms with Crippen molar-refractivity contribution in [2.45, 2.75) is 51.9 Å². The van der Waals surface area contributed by atoms with Crippen LogP contribution in [0, 0.1) is 5.92 Å². The number of nitrogens with one attached hydrogen (secondary N) is 2. The molecule has 7 heteroatoms. The van der Waals surface area contributed by atoms with Crippen LogP contribution in [0.1, 0.15) is 56.7 Å². The van der Waals surface area contributed by atoms with E-state index in [4.69, 9.17) is 0 Å². The van der Waals surface area contributed by atoms with E-state index in [2.05, 4.69) is 15.7 Å². The highest BCUT2D eigenvalue weighted by atomic mass is 16.3. The number of rotatable bonds is 7. The summed E-state index contributed by atoms with van der Waals surface area (Å²) in [4.78, 5) is 25.2. The first-order valence-corrected chi connectivity index (χ1v) is 12.0. The molecular formula is C27H32N4O3. The van der Waals surface area contributed by atoms with E-state index in [9.17, 15) is 14.7 Å². The summed E-state index contributed by atoms with van der Waals surface area (Å²) in [6, 6.07) is 16.5. The molecule has 2 aromatic carbocycles. The largest absolute Gasteiger partial charge is 0.507 e. The van der Waals surface area contributed by atoms with Crippen LogP contribution in [0.5, 0.6) is 5.75 Å². The zero-order chi connectivity index (χ0) is 24.1. The van der Waals surface area contributed by atoms with Crippen molar-refractivity contribution in [2.75, 3.05) is 11.9 Å². The minimum absolute atomic E-state index is 0.0506. The van der Waals surface area contributed by atoms with E-state index in [0.29, 0.717) is 23.5 Å². The Balaban J connectivity index is 1.58. The molecule has 1 heterocycles. The zero-order valence-electron chi connectivity index (χ0n) is 19.8. The number of hydrogen-bond acceptors (Lipinski definition) is 4. The summed E-state index contributed by atoms with van der Waals surface area (Å²) in [6.45, 7) is 4.15. The molecule has 0 atom stereocenters. The van der Waals surface area contributed by atoms with E-state index in [-0.39, 0.29) is 29.5 Å². The van der Waals surface area contributed by atoms with Gasteiger partial charge in [-0.1, -0.05) is 57.0 Å². The molecule has 34 heavy (non-hydrogen) atoms. The van der Waals surface area contributed by atoms with Crippen LogP contribution < -0.4 is 10.6 Å². The smallest absolute Gasteiger partial charge is 0.342 e. The molecule has 2 amide bonds. The number of aromatic hydroxyl groups is 1. The lowest BCUT2D eigenvalue weighted by Gasteiger charge is -2.12. The molecule has 3 aromatic rings. The number of benzene rings is 2. The second-order valence-electron chi connectivity index (χ2n) is 9.19. The summed E-state index contributed by atoms with van der Waals surface area (Å²) in [5, 5.41) is 21.0. The predicted octanol–water partition coefficient (Wildman–Crippen LogP) is 5.31. The van der Waals surface area contributed by atoms with Gasteiger partial charge in [0.2, 0.25) is 5.91 Å². The van der Waals surface area contributed by atoms with Crippen molar-refractivity contribution in [2.24, 2.45) is 5.92 Å². The molecule has 7 nitrogen and oxygen atoms in total. The molecule has 1 aromatic heterocycles. The Kier molecular flexibility index (Phi) is 7.30. The summed E-state index contributed by atoms with van der Waals surface area (Å²) in [7, 11) is 0. The summed E-state index contributed by atoms with van der Waals surface area (Å²) in [5.41, 5.74) is 3.59. The molecule has 1 fully saturated rings. The number of anilines is 1. The lowest BCUT2D eigenvalue weighted by atomic mass is 10.0. The van der Waals surface area contributed by atoms with Crippen molar-refractivity contribution in [1.82, 2.24) is 15.1 Å². The van der Waals surface area contributed by atoms with Gasteiger partial charge in [0.05, 0.1) is 11.4 Å². The maximum atomic E-state index is 13.1. The summed E-state index contributed by atoms with van der Waals surface area (Å²) in [6.07, 6.45) is 5.02. The molecule has 178 valence electrons. The molecular weight excluding hydrogens is 428 g/mol. The first kappa shape index (κ1) is 23.5. The van der Waals surface area contributed by atoms with Crippen LogP contribution in [0.25, 0.3) is 11.3 Å². The molecule has 1 saturated carbocycles. The van der Waals surface area contributed by atoms with Gasteiger partial charge in [-0.25, -0.2) is 4.79 Å². The summed E-state index contributed by atoms with van der Waals surface area (Å²) in [5.74, 6) is 0.0402. The fourth-order valence-electron chi connectivity index (χ4n) is 4.34. The quantitative estimate of drug-likeness (QED) is 0.417. The van der Waals surface area contributed by atoms with E-state index in [0.717, 1.165) is 43.4 Å². The number of hydrogen-bond donors (Lipinski definition) is 3. The Morgan fingerprint density at radius 3 is 2.53 bits per heavy atom. The van der Waals surface area contributed by atoms with Crippen molar-refractivity contribution in [3.8, 4) is 17.0 Å². The number of phenols is 1. The lowest BCUT2D eigenvalue weighted by molar-refractivity contribution is -0.118. The van der Waals surface area contributed by atoms with Crippen LogP contribution in [-0.2, 0) is 11.2 Å². The number of aromatic nitrogens is 2. The first-order chi connectivity index (χ1) is 16.4. The van der Waals surface area contributed by atoms with Crippen LogP contribution in [-0.4, -0.2) is 33.4 Å². The number of carbonyl (C=O) groups excluding carboxylic acids is 2. The van der Waals surface area contributed by atoms with Gasteiger partial charge < -0.3 is 15.7 Å². The number of amides is 2. The van der Waals surface area contributed by atoms with Gasteiger partial charge in [-0.2, -0.15) is 9.78 Å². The Hall–Kier alpha value is -3.61. The first-order valence-electron chi connectivity index (χ1n) is 12.0. The average Bonchev–Trinajstić information content (AvgIpc) is 3.51. The monoisotopic (exact) mass is 460 g/mol. The standard InChI is InChI=1S/C27H32N4O3/c1-18(2)26(33)29-21-12-13-25(32)22(16-21)23-17-24(20-10-6-7-11-20)31(30-23)27(34)28-15-14-19-8-4-3-5-9-19/h3-5,8-9,12-13,16-18,20,32H,6-7,10-11,14-15H2,1-2H3,(H,28,34)(H,29,33). The van der Waals surface area contributed by atoms with Crippen LogP contribution in [0.2, 0.25) is 0 Å². The van der Waals surface area contributed by atoms with Gasteiger partial charge in [-0.3, -0.25) is 4.79 Å². The summed E-state index contributed by atoms with van der Waals surface area (Å²) < 4.78 is 1.45. The van der Waals surface area contributed by atoms with Gasteiger partial charge in [0.1, 0.15) is 5.75 Å². The van der Waals surface area contributed by atoms with Gasteiger partial charge in [0.15, 0.2) is 0 Å². The van der Waals surface area contributed by atoms with Crippen LogP contribution in [0.3, 0.4) is 0 Å². The molecule has 0 unspecified atom stereocenters. The minimum atomic E-state index is -0.271. The van der Waals surface area contributed by atoms with Gasteiger partial charge in [0, 0.05) is 29.6 Å². The van der Waals surface area contributed by atoms with E-state index in [1.807, 2.05) is 50.2 Å². The number of carbonyl (C=O) groups is 2. The summed E-state index contributed by atoms with van der Waals surface area (Å²) >= 11 is 0. The third kappa shape index (κ3) is 5.47. The van der Waals surface area contributed by atoms with Gasteiger partial charge in [0.25, 0.3) is 0 Å². The van der Waals surface area contributed by atoms with E-state index in [1.54, 1.807) is 18.2 Å². The second-order valence-corrected chi connectivity index (χ2v) is 9.19. The normalized spacial score (nSPS) is 13.9. The van der Waals surface area contributed by atoms with Gasteiger partial charge in [-0.05, 0) is 49.1 Å². The molecule has 0 spiro atoms. The SMILES string of the molecule is CC(C)C(=O)Nc1ccc(O)c(-c2cc(C3CCCC3)n(C(=O)NCCc3ccccc3)n2)c1. The maximum Gasteiger partial charge on any atom is 0.342 e. The predicted molar refractivity (Wildman–Crippen MR) is 133 cm³/mol. The minimum Gasteiger partial charge on any atom is -0.507 e. The Morgan fingerprint density at radius 1 is 1.09 bits per heavy atom. The Labute approximate surface area is 200 Å². The fraction of sp³-hybridized carbons (Fsp3) is 0.370. The van der Waals surface area contributed by atoms with Gasteiger partial charge >= 0.3 is 6.03 Å².